The molecule has 0 aliphatic rings. The third-order valence-electron chi connectivity index (χ3n) is 3.81. The van der Waals surface area contributed by atoms with Crippen LogP contribution in [0.5, 0.6) is 0 Å². The van der Waals surface area contributed by atoms with E-state index in [1.807, 2.05) is 57.0 Å². The number of hydrogen-bond acceptors (Lipinski definition) is 6. The van der Waals surface area contributed by atoms with Gasteiger partial charge in [-0.2, -0.15) is 0 Å². The van der Waals surface area contributed by atoms with Crippen molar-refractivity contribution in [3.63, 3.8) is 0 Å². The van der Waals surface area contributed by atoms with Gasteiger partial charge < -0.3 is 30.0 Å². The van der Waals surface area contributed by atoms with Gasteiger partial charge in [-0.05, 0) is 61.5 Å². The van der Waals surface area contributed by atoms with Gasteiger partial charge in [-0.25, -0.2) is 0 Å². The van der Waals surface area contributed by atoms with Gasteiger partial charge in [0.05, 0.1) is 18.3 Å². The zero-order chi connectivity index (χ0) is 17.3. The van der Waals surface area contributed by atoms with Crippen LogP contribution in [0.25, 0.3) is 0 Å². The predicted molar refractivity (Wildman–Crippen MR) is 91.1 cm³/mol. The summed E-state index contributed by atoms with van der Waals surface area (Å²) < 4.78 is 0. The first-order chi connectivity index (χ1) is 10.1. The van der Waals surface area contributed by atoms with Crippen LogP contribution in [-0.4, -0.2) is 110 Å². The van der Waals surface area contributed by atoms with Crippen LogP contribution >= 0.6 is 0 Å². The van der Waals surface area contributed by atoms with E-state index in [-0.39, 0.29) is 12.1 Å². The second-order valence-corrected chi connectivity index (χ2v) is 7.10. The average molecular weight is 319 g/mol. The first-order valence-corrected chi connectivity index (χ1v) is 8.13. The first kappa shape index (κ1) is 21.8. The average Bonchev–Trinajstić information content (AvgIpc) is 2.31. The molecule has 0 amide bonds. The maximum Gasteiger partial charge on any atom is 0.0720 e. The summed E-state index contributed by atoms with van der Waals surface area (Å²) in [5, 5.41) is 30.2. The van der Waals surface area contributed by atoms with Crippen LogP contribution in [0.15, 0.2) is 0 Å². The summed E-state index contributed by atoms with van der Waals surface area (Å²) in [7, 11) is 11.6. The lowest BCUT2D eigenvalue weighted by atomic mass is 9.97. The number of hydrogen-bond donors (Lipinski definition) is 3. The standard InChI is InChI=1S/C16H37N3O3/c1-17(2)11-13(20)8-7-9-15(19(5)6)16(22)10-14(21)12-18(3)4/h13-16,20-22H,7-12H2,1-6H3. The molecule has 0 aliphatic carbocycles. The van der Waals surface area contributed by atoms with E-state index < -0.39 is 12.2 Å². The molecule has 0 heterocycles. The molecular formula is C16H37N3O3. The van der Waals surface area contributed by atoms with E-state index in [4.69, 9.17) is 0 Å². The van der Waals surface area contributed by atoms with Gasteiger partial charge >= 0.3 is 0 Å². The molecule has 134 valence electrons. The van der Waals surface area contributed by atoms with E-state index in [0.29, 0.717) is 19.5 Å². The van der Waals surface area contributed by atoms with Gasteiger partial charge in [0.2, 0.25) is 0 Å². The SMILES string of the molecule is CN(C)CC(O)CCCC(C(O)CC(O)CN(C)C)N(C)C. The number of rotatable bonds is 12. The highest BCUT2D eigenvalue weighted by molar-refractivity contribution is 4.79. The Morgan fingerprint density at radius 2 is 1.23 bits per heavy atom. The topological polar surface area (TPSA) is 70.4 Å². The molecule has 0 saturated carbocycles. The molecule has 0 fully saturated rings. The minimum absolute atomic E-state index is 0.00312. The molecule has 0 bridgehead atoms. The second-order valence-electron chi connectivity index (χ2n) is 7.10. The van der Waals surface area contributed by atoms with Gasteiger partial charge in [-0.1, -0.05) is 0 Å². The van der Waals surface area contributed by atoms with E-state index >= 15 is 0 Å². The lowest BCUT2D eigenvalue weighted by molar-refractivity contribution is 0.0151. The Bertz CT molecular complexity index is 275. The van der Waals surface area contributed by atoms with E-state index in [1.165, 1.54) is 0 Å². The summed E-state index contributed by atoms with van der Waals surface area (Å²) in [5.41, 5.74) is 0. The molecule has 4 atom stereocenters. The molecule has 0 aromatic carbocycles. The zero-order valence-electron chi connectivity index (χ0n) is 15.2. The third-order valence-corrected chi connectivity index (χ3v) is 3.81. The van der Waals surface area contributed by atoms with Gasteiger partial charge in [0.1, 0.15) is 0 Å². The molecule has 0 radical (unpaired) electrons. The summed E-state index contributed by atoms with van der Waals surface area (Å²) in [6.07, 6.45) is 1.38. The molecule has 6 nitrogen and oxygen atoms in total. The molecule has 4 unspecified atom stereocenters. The van der Waals surface area contributed by atoms with Gasteiger partial charge in [0, 0.05) is 25.6 Å². The fourth-order valence-corrected chi connectivity index (χ4v) is 2.80. The Morgan fingerprint density at radius 1 is 0.727 bits per heavy atom. The summed E-state index contributed by atoms with van der Waals surface area (Å²) >= 11 is 0. The predicted octanol–water partition coefficient (Wildman–Crippen LogP) is -0.317. The normalized spacial score (nSPS) is 18.0. The van der Waals surface area contributed by atoms with Gasteiger partial charge in [0.25, 0.3) is 0 Å². The Kier molecular flexibility index (Phi) is 11.2. The smallest absolute Gasteiger partial charge is 0.0720 e. The lowest BCUT2D eigenvalue weighted by Crippen LogP contribution is -2.42. The number of nitrogens with zero attached hydrogens (tertiary/aromatic N) is 3. The van der Waals surface area contributed by atoms with Crippen molar-refractivity contribution >= 4 is 0 Å². The quantitative estimate of drug-likeness (QED) is 0.458. The molecular weight excluding hydrogens is 282 g/mol. The van der Waals surface area contributed by atoms with Crippen LogP contribution in [0.1, 0.15) is 25.7 Å². The van der Waals surface area contributed by atoms with E-state index in [2.05, 4.69) is 0 Å². The second kappa shape index (κ2) is 11.3. The fraction of sp³-hybridized carbons (Fsp3) is 1.00. The summed E-state index contributed by atoms with van der Waals surface area (Å²) in [6, 6.07) is 0.00312. The van der Waals surface area contributed by atoms with Gasteiger partial charge in [-0.3, -0.25) is 0 Å². The Balaban J connectivity index is 4.24. The van der Waals surface area contributed by atoms with Crippen LogP contribution in [0.3, 0.4) is 0 Å². The van der Waals surface area contributed by atoms with Crippen molar-refractivity contribution in [3.8, 4) is 0 Å². The number of aliphatic hydroxyl groups is 3. The van der Waals surface area contributed by atoms with Crippen LogP contribution < -0.4 is 0 Å². The Labute approximate surface area is 136 Å². The first-order valence-electron chi connectivity index (χ1n) is 8.13. The molecule has 0 aliphatic heterocycles. The summed E-state index contributed by atoms with van der Waals surface area (Å²) in [6.45, 7) is 1.22. The van der Waals surface area contributed by atoms with Crippen molar-refractivity contribution < 1.29 is 15.3 Å². The van der Waals surface area contributed by atoms with E-state index in [0.717, 1.165) is 19.3 Å². The summed E-state index contributed by atoms with van der Waals surface area (Å²) in [5.74, 6) is 0. The highest BCUT2D eigenvalue weighted by Crippen LogP contribution is 2.15. The van der Waals surface area contributed by atoms with Crippen LogP contribution in [0.4, 0.5) is 0 Å². The number of likely N-dealkylation sites (N-methyl/N-ethyl adjacent to an activating group) is 3. The summed E-state index contributed by atoms with van der Waals surface area (Å²) in [4.78, 5) is 5.89. The highest BCUT2D eigenvalue weighted by atomic mass is 16.3. The minimum atomic E-state index is -0.559. The van der Waals surface area contributed by atoms with E-state index in [1.54, 1.807) is 0 Å². The van der Waals surface area contributed by atoms with Gasteiger partial charge in [0.15, 0.2) is 0 Å². The molecule has 6 heteroatoms. The molecule has 0 aromatic rings. The molecule has 0 aromatic heterocycles. The minimum Gasteiger partial charge on any atom is -0.392 e. The molecule has 3 N–H and O–H groups in total. The maximum atomic E-state index is 10.4. The van der Waals surface area contributed by atoms with Crippen LogP contribution in [0.2, 0.25) is 0 Å². The molecule has 0 saturated heterocycles. The monoisotopic (exact) mass is 319 g/mol. The van der Waals surface area contributed by atoms with E-state index in [9.17, 15) is 15.3 Å². The van der Waals surface area contributed by atoms with Gasteiger partial charge in [-0.15, -0.1) is 0 Å². The molecule has 0 rings (SSSR count). The fourth-order valence-electron chi connectivity index (χ4n) is 2.80. The number of aliphatic hydroxyl groups excluding tert-OH is 3. The third kappa shape index (κ3) is 10.5. The highest BCUT2D eigenvalue weighted by Gasteiger charge is 2.24. The van der Waals surface area contributed by atoms with Crippen LogP contribution in [-0.2, 0) is 0 Å². The molecule has 0 spiro atoms. The van der Waals surface area contributed by atoms with Crippen molar-refractivity contribution in [1.29, 1.82) is 0 Å². The van der Waals surface area contributed by atoms with Crippen LogP contribution in [0, 0.1) is 0 Å². The zero-order valence-corrected chi connectivity index (χ0v) is 15.2. The van der Waals surface area contributed by atoms with Crippen molar-refractivity contribution in [2.45, 2.75) is 50.0 Å². The molecule has 22 heavy (non-hydrogen) atoms. The van der Waals surface area contributed by atoms with Crippen molar-refractivity contribution in [2.75, 3.05) is 55.4 Å². The largest absolute Gasteiger partial charge is 0.392 e. The Hall–Kier alpha value is -0.240. The van der Waals surface area contributed by atoms with Crippen molar-refractivity contribution in [3.05, 3.63) is 0 Å². The maximum absolute atomic E-state index is 10.4. The van der Waals surface area contributed by atoms with Crippen molar-refractivity contribution in [2.24, 2.45) is 0 Å². The Morgan fingerprint density at radius 3 is 1.68 bits per heavy atom. The van der Waals surface area contributed by atoms with Crippen molar-refractivity contribution in [1.82, 2.24) is 14.7 Å². The lowest BCUT2D eigenvalue weighted by Gasteiger charge is -2.31.